The van der Waals surface area contributed by atoms with Gasteiger partial charge in [0.25, 0.3) is 0 Å². The second kappa shape index (κ2) is 7.91. The number of amides is 1. The molecular weight excluding hydrogens is 379 g/mol. The first-order chi connectivity index (χ1) is 12.0. The zero-order valence-corrected chi connectivity index (χ0v) is 15.5. The van der Waals surface area contributed by atoms with E-state index in [-0.39, 0.29) is 5.91 Å². The molecule has 0 spiro atoms. The molecule has 0 aliphatic rings. The number of carbonyl (C=O) groups excluding carboxylic acids is 1. The molecular formula is C17H14Cl2N4OS. The largest absolute Gasteiger partial charge is 0.324 e. The SMILES string of the molecule is C[C@H](Sc1n[nH]c(-c2ccccc2)n1)C(=O)Nc1cccc(Cl)c1Cl. The molecule has 3 rings (SSSR count). The molecule has 0 bridgehead atoms. The van der Waals surface area contributed by atoms with Crippen LogP contribution < -0.4 is 5.32 Å². The Balaban J connectivity index is 1.66. The van der Waals surface area contributed by atoms with Gasteiger partial charge < -0.3 is 5.32 Å². The monoisotopic (exact) mass is 392 g/mol. The Morgan fingerprint density at radius 3 is 2.68 bits per heavy atom. The van der Waals surface area contributed by atoms with Crippen LogP contribution in [0.1, 0.15) is 6.92 Å². The van der Waals surface area contributed by atoms with Crippen LogP contribution in [0.3, 0.4) is 0 Å². The Morgan fingerprint density at radius 1 is 1.16 bits per heavy atom. The fourth-order valence-electron chi connectivity index (χ4n) is 2.07. The van der Waals surface area contributed by atoms with Crippen LogP contribution in [-0.4, -0.2) is 26.3 Å². The van der Waals surface area contributed by atoms with Crippen LogP contribution in [0.2, 0.25) is 10.0 Å². The Bertz CT molecular complexity index is 885. The summed E-state index contributed by atoms with van der Waals surface area (Å²) in [6, 6.07) is 14.7. The van der Waals surface area contributed by atoms with Gasteiger partial charge in [0, 0.05) is 5.56 Å². The van der Waals surface area contributed by atoms with Gasteiger partial charge in [-0.1, -0.05) is 71.4 Å². The van der Waals surface area contributed by atoms with Gasteiger partial charge in [0.15, 0.2) is 5.82 Å². The summed E-state index contributed by atoms with van der Waals surface area (Å²) in [5.41, 5.74) is 1.41. The lowest BCUT2D eigenvalue weighted by atomic mass is 10.2. The maximum Gasteiger partial charge on any atom is 0.237 e. The summed E-state index contributed by atoms with van der Waals surface area (Å²) in [5.74, 6) is 0.453. The minimum atomic E-state index is -0.408. The number of rotatable bonds is 5. The zero-order valence-electron chi connectivity index (χ0n) is 13.2. The third-order valence-electron chi connectivity index (χ3n) is 3.37. The van der Waals surface area contributed by atoms with E-state index in [4.69, 9.17) is 23.2 Å². The highest BCUT2D eigenvalue weighted by Crippen LogP contribution is 2.30. The number of anilines is 1. The van der Waals surface area contributed by atoms with Crippen molar-refractivity contribution in [2.45, 2.75) is 17.3 Å². The van der Waals surface area contributed by atoms with Crippen molar-refractivity contribution in [1.29, 1.82) is 0 Å². The van der Waals surface area contributed by atoms with Crippen molar-refractivity contribution >= 4 is 46.6 Å². The average molecular weight is 393 g/mol. The molecule has 2 aromatic carbocycles. The van der Waals surface area contributed by atoms with Gasteiger partial charge in [-0.25, -0.2) is 4.98 Å². The molecule has 0 saturated heterocycles. The predicted molar refractivity (Wildman–Crippen MR) is 102 cm³/mol. The van der Waals surface area contributed by atoms with Crippen molar-refractivity contribution in [3.8, 4) is 11.4 Å². The number of aromatic amines is 1. The quantitative estimate of drug-likeness (QED) is 0.605. The third-order valence-corrected chi connectivity index (χ3v) is 5.15. The molecule has 2 N–H and O–H groups in total. The number of nitrogens with one attached hydrogen (secondary N) is 2. The zero-order chi connectivity index (χ0) is 17.8. The molecule has 0 aliphatic carbocycles. The summed E-state index contributed by atoms with van der Waals surface area (Å²) < 4.78 is 0. The van der Waals surface area contributed by atoms with Crippen molar-refractivity contribution in [3.63, 3.8) is 0 Å². The van der Waals surface area contributed by atoms with E-state index in [1.54, 1.807) is 25.1 Å². The van der Waals surface area contributed by atoms with Crippen molar-refractivity contribution in [2.75, 3.05) is 5.32 Å². The second-order valence-electron chi connectivity index (χ2n) is 5.18. The minimum Gasteiger partial charge on any atom is -0.324 e. The highest BCUT2D eigenvalue weighted by atomic mass is 35.5. The molecule has 1 heterocycles. The highest BCUT2D eigenvalue weighted by Gasteiger charge is 2.19. The fourth-order valence-corrected chi connectivity index (χ4v) is 3.14. The van der Waals surface area contributed by atoms with Crippen LogP contribution in [0, 0.1) is 0 Å². The Labute approximate surface area is 159 Å². The minimum absolute atomic E-state index is 0.208. The van der Waals surface area contributed by atoms with Crippen molar-refractivity contribution in [3.05, 3.63) is 58.6 Å². The van der Waals surface area contributed by atoms with E-state index in [2.05, 4.69) is 20.5 Å². The number of halogens is 2. The van der Waals surface area contributed by atoms with E-state index in [9.17, 15) is 4.79 Å². The normalized spacial score (nSPS) is 12.0. The lowest BCUT2D eigenvalue weighted by Crippen LogP contribution is -2.22. The Morgan fingerprint density at radius 2 is 1.92 bits per heavy atom. The van der Waals surface area contributed by atoms with Gasteiger partial charge in [-0.3, -0.25) is 9.89 Å². The van der Waals surface area contributed by atoms with Gasteiger partial charge in [-0.2, -0.15) is 0 Å². The lowest BCUT2D eigenvalue weighted by Gasteiger charge is -2.11. The molecule has 5 nitrogen and oxygen atoms in total. The lowest BCUT2D eigenvalue weighted by molar-refractivity contribution is -0.115. The number of aromatic nitrogens is 3. The third kappa shape index (κ3) is 4.34. The molecule has 0 saturated carbocycles. The maximum atomic E-state index is 12.4. The summed E-state index contributed by atoms with van der Waals surface area (Å²) in [4.78, 5) is 16.8. The summed E-state index contributed by atoms with van der Waals surface area (Å²) in [7, 11) is 0. The molecule has 3 aromatic rings. The van der Waals surface area contributed by atoms with E-state index >= 15 is 0 Å². The number of thioether (sulfide) groups is 1. The molecule has 25 heavy (non-hydrogen) atoms. The van der Waals surface area contributed by atoms with Gasteiger partial charge in [-0.15, -0.1) is 5.10 Å². The predicted octanol–water partition coefficient (Wildman–Crippen LogP) is 4.90. The van der Waals surface area contributed by atoms with E-state index in [0.29, 0.717) is 26.7 Å². The van der Waals surface area contributed by atoms with E-state index < -0.39 is 5.25 Å². The standard InChI is InChI=1S/C17H14Cl2N4OS/c1-10(16(24)20-13-9-5-8-12(18)14(13)19)25-17-21-15(22-23-17)11-6-3-2-4-7-11/h2-10H,1H3,(H,20,24)(H,21,22,23)/t10-/m0/s1. The summed E-state index contributed by atoms with van der Waals surface area (Å²) in [6.45, 7) is 1.77. The molecule has 0 radical (unpaired) electrons. The van der Waals surface area contributed by atoms with Crippen LogP contribution in [-0.2, 0) is 4.79 Å². The first-order valence-electron chi connectivity index (χ1n) is 7.44. The van der Waals surface area contributed by atoms with Crippen LogP contribution in [0.5, 0.6) is 0 Å². The first-order valence-corrected chi connectivity index (χ1v) is 9.07. The van der Waals surface area contributed by atoms with E-state index in [1.807, 2.05) is 30.3 Å². The van der Waals surface area contributed by atoms with Crippen LogP contribution in [0.25, 0.3) is 11.4 Å². The molecule has 1 atom stereocenters. The van der Waals surface area contributed by atoms with Gasteiger partial charge in [0.2, 0.25) is 11.1 Å². The Kier molecular flexibility index (Phi) is 5.63. The molecule has 1 amide bonds. The topological polar surface area (TPSA) is 70.7 Å². The number of carbonyl (C=O) groups is 1. The summed E-state index contributed by atoms with van der Waals surface area (Å²) in [5, 5.41) is 10.6. The number of H-pyrrole nitrogens is 1. The summed E-state index contributed by atoms with van der Waals surface area (Å²) >= 11 is 13.3. The van der Waals surface area contributed by atoms with Crippen LogP contribution in [0.4, 0.5) is 5.69 Å². The second-order valence-corrected chi connectivity index (χ2v) is 7.28. The van der Waals surface area contributed by atoms with E-state index in [0.717, 1.165) is 5.56 Å². The Hall–Kier alpha value is -2.02. The summed E-state index contributed by atoms with van der Waals surface area (Å²) in [6.07, 6.45) is 0. The van der Waals surface area contributed by atoms with Gasteiger partial charge in [0.05, 0.1) is 21.0 Å². The van der Waals surface area contributed by atoms with Crippen LogP contribution >= 0.6 is 35.0 Å². The molecule has 8 heteroatoms. The average Bonchev–Trinajstić information content (AvgIpc) is 3.08. The number of hydrogen-bond acceptors (Lipinski definition) is 4. The molecule has 0 aliphatic heterocycles. The highest BCUT2D eigenvalue weighted by molar-refractivity contribution is 8.00. The van der Waals surface area contributed by atoms with Crippen LogP contribution in [0.15, 0.2) is 53.7 Å². The van der Waals surface area contributed by atoms with Crippen molar-refractivity contribution < 1.29 is 4.79 Å². The smallest absolute Gasteiger partial charge is 0.237 e. The van der Waals surface area contributed by atoms with E-state index in [1.165, 1.54) is 11.8 Å². The molecule has 0 fully saturated rings. The van der Waals surface area contributed by atoms with Gasteiger partial charge in [-0.05, 0) is 19.1 Å². The van der Waals surface area contributed by atoms with Crippen molar-refractivity contribution in [1.82, 2.24) is 15.2 Å². The van der Waals surface area contributed by atoms with Gasteiger partial charge in [0.1, 0.15) is 0 Å². The van der Waals surface area contributed by atoms with Gasteiger partial charge >= 0.3 is 0 Å². The van der Waals surface area contributed by atoms with Crippen molar-refractivity contribution in [2.24, 2.45) is 0 Å². The fraction of sp³-hybridized carbons (Fsp3) is 0.118. The first kappa shape index (κ1) is 17.8. The number of benzene rings is 2. The molecule has 128 valence electrons. The number of hydrogen-bond donors (Lipinski definition) is 2. The molecule has 1 aromatic heterocycles. The number of nitrogens with zero attached hydrogens (tertiary/aromatic N) is 2. The maximum absolute atomic E-state index is 12.4. The molecule has 0 unspecified atom stereocenters.